The predicted octanol–water partition coefficient (Wildman–Crippen LogP) is 2.02. The van der Waals surface area contributed by atoms with E-state index in [1.807, 2.05) is 23.1 Å². The minimum absolute atomic E-state index is 0.0365. The number of aromatic nitrogens is 2. The van der Waals surface area contributed by atoms with Crippen molar-refractivity contribution >= 4 is 16.9 Å². The fourth-order valence-corrected chi connectivity index (χ4v) is 3.68. The molecular formula is C17H22N4O. The second-order valence-corrected chi connectivity index (χ2v) is 6.41. The number of hydrogen-bond donors (Lipinski definition) is 2. The van der Waals surface area contributed by atoms with Gasteiger partial charge in [-0.2, -0.15) is 0 Å². The molecule has 2 N–H and O–H groups in total. The van der Waals surface area contributed by atoms with Crippen LogP contribution in [0.2, 0.25) is 0 Å². The van der Waals surface area contributed by atoms with E-state index in [4.69, 9.17) is 4.98 Å². The molecule has 1 aromatic heterocycles. The summed E-state index contributed by atoms with van der Waals surface area (Å²) >= 11 is 0. The molecule has 1 unspecified atom stereocenters. The van der Waals surface area contributed by atoms with Crippen LogP contribution in [-0.4, -0.2) is 46.5 Å². The third-order valence-electron chi connectivity index (χ3n) is 4.89. The number of carbonyl (C=O) groups excluding carboxylic acids is 1. The zero-order chi connectivity index (χ0) is 14.9. The first-order chi connectivity index (χ1) is 10.8. The molecule has 22 heavy (non-hydrogen) atoms. The van der Waals surface area contributed by atoms with Crippen LogP contribution < -0.4 is 5.32 Å². The molecule has 5 nitrogen and oxygen atoms in total. The number of imidazole rings is 1. The average molecular weight is 298 g/mol. The number of fused-ring (bicyclic) bond motifs is 1. The number of piperidine rings is 1. The van der Waals surface area contributed by atoms with Crippen LogP contribution in [-0.2, 0) is 4.79 Å². The van der Waals surface area contributed by atoms with E-state index in [-0.39, 0.29) is 11.9 Å². The first-order valence-electron chi connectivity index (χ1n) is 8.28. The molecule has 0 bridgehead atoms. The Labute approximate surface area is 130 Å². The van der Waals surface area contributed by atoms with Gasteiger partial charge in [0.2, 0.25) is 5.91 Å². The highest BCUT2D eigenvalue weighted by Gasteiger charge is 2.31. The Balaban J connectivity index is 1.51. The third kappa shape index (κ3) is 2.50. The number of benzene rings is 1. The van der Waals surface area contributed by atoms with Gasteiger partial charge in [0.25, 0.3) is 0 Å². The lowest BCUT2D eigenvalue weighted by atomic mass is 9.96. The Morgan fingerprint density at radius 2 is 2.14 bits per heavy atom. The molecule has 0 spiro atoms. The van der Waals surface area contributed by atoms with E-state index in [1.54, 1.807) is 0 Å². The van der Waals surface area contributed by atoms with Gasteiger partial charge < -0.3 is 15.2 Å². The van der Waals surface area contributed by atoms with Gasteiger partial charge >= 0.3 is 0 Å². The van der Waals surface area contributed by atoms with Gasteiger partial charge in [0.15, 0.2) is 0 Å². The average Bonchev–Trinajstić information content (AvgIpc) is 3.23. The van der Waals surface area contributed by atoms with Crippen molar-refractivity contribution in [1.82, 2.24) is 20.2 Å². The van der Waals surface area contributed by atoms with Gasteiger partial charge in [-0.25, -0.2) is 4.98 Å². The number of H-pyrrole nitrogens is 1. The molecule has 0 saturated carbocycles. The van der Waals surface area contributed by atoms with E-state index in [1.165, 1.54) is 0 Å². The predicted molar refractivity (Wildman–Crippen MR) is 85.7 cm³/mol. The molecule has 5 heteroatoms. The molecule has 0 radical (unpaired) electrons. The topological polar surface area (TPSA) is 61.0 Å². The Morgan fingerprint density at radius 1 is 1.23 bits per heavy atom. The highest BCUT2D eigenvalue weighted by molar-refractivity contribution is 5.82. The largest absolute Gasteiger partial charge is 0.342 e. The molecule has 1 amide bonds. The summed E-state index contributed by atoms with van der Waals surface area (Å²) < 4.78 is 0. The van der Waals surface area contributed by atoms with Crippen LogP contribution in [0.4, 0.5) is 0 Å². The van der Waals surface area contributed by atoms with Gasteiger partial charge in [0.05, 0.1) is 17.1 Å². The number of nitrogens with one attached hydrogen (secondary N) is 2. The zero-order valence-corrected chi connectivity index (χ0v) is 12.7. The number of nitrogens with zero attached hydrogens (tertiary/aromatic N) is 2. The SMILES string of the molecule is O=C([C@H]1CCCN1)N1CCCC(c2nc3ccccc3[nH]2)C1. The second-order valence-electron chi connectivity index (χ2n) is 6.41. The van der Waals surface area contributed by atoms with Crippen LogP contribution in [0.5, 0.6) is 0 Å². The summed E-state index contributed by atoms with van der Waals surface area (Å²) in [5.74, 6) is 1.63. The van der Waals surface area contributed by atoms with E-state index < -0.39 is 0 Å². The Bertz CT molecular complexity index is 641. The van der Waals surface area contributed by atoms with Gasteiger partial charge in [-0.3, -0.25) is 4.79 Å². The smallest absolute Gasteiger partial charge is 0.239 e. The molecule has 116 valence electrons. The molecule has 2 aliphatic rings. The number of carbonyl (C=O) groups is 1. The molecular weight excluding hydrogens is 276 g/mol. The van der Waals surface area contributed by atoms with Gasteiger partial charge in [0, 0.05) is 19.0 Å². The Hall–Kier alpha value is -1.88. The number of amides is 1. The lowest BCUT2D eigenvalue weighted by molar-refractivity contribution is -0.134. The monoisotopic (exact) mass is 298 g/mol. The van der Waals surface area contributed by atoms with Crippen LogP contribution in [0, 0.1) is 0 Å². The van der Waals surface area contributed by atoms with Gasteiger partial charge in [0.1, 0.15) is 5.82 Å². The van der Waals surface area contributed by atoms with Crippen LogP contribution in [0.25, 0.3) is 11.0 Å². The maximum absolute atomic E-state index is 12.6. The summed E-state index contributed by atoms with van der Waals surface area (Å²) in [6.07, 6.45) is 4.24. The fourth-order valence-electron chi connectivity index (χ4n) is 3.68. The van der Waals surface area contributed by atoms with Crippen LogP contribution in [0.3, 0.4) is 0 Å². The van der Waals surface area contributed by atoms with E-state index in [0.29, 0.717) is 5.92 Å². The minimum Gasteiger partial charge on any atom is -0.342 e. The molecule has 1 aromatic carbocycles. The molecule has 2 aromatic rings. The molecule has 2 saturated heterocycles. The Kier molecular flexibility index (Phi) is 3.58. The van der Waals surface area contributed by atoms with Crippen molar-refractivity contribution in [2.24, 2.45) is 0 Å². The molecule has 0 aliphatic carbocycles. The second kappa shape index (κ2) is 5.72. The summed E-state index contributed by atoms with van der Waals surface area (Å²) in [6.45, 7) is 2.64. The number of likely N-dealkylation sites (tertiary alicyclic amines) is 1. The highest BCUT2D eigenvalue weighted by atomic mass is 16.2. The molecule has 2 fully saturated rings. The lowest BCUT2D eigenvalue weighted by Gasteiger charge is -2.33. The molecule has 2 aliphatic heterocycles. The summed E-state index contributed by atoms with van der Waals surface area (Å²) in [5.41, 5.74) is 2.09. The number of para-hydroxylation sites is 2. The van der Waals surface area contributed by atoms with Gasteiger partial charge in [-0.15, -0.1) is 0 Å². The number of hydrogen-bond acceptors (Lipinski definition) is 3. The van der Waals surface area contributed by atoms with Gasteiger partial charge in [-0.05, 0) is 44.4 Å². The van der Waals surface area contributed by atoms with Crippen molar-refractivity contribution in [2.45, 2.75) is 37.6 Å². The maximum Gasteiger partial charge on any atom is 0.239 e. The van der Waals surface area contributed by atoms with Crippen molar-refractivity contribution in [2.75, 3.05) is 19.6 Å². The molecule has 2 atom stereocenters. The number of aromatic amines is 1. The molecule has 4 rings (SSSR count). The standard InChI is InChI=1S/C17H22N4O/c22-17(15-8-3-9-18-15)21-10-4-5-12(11-21)16-19-13-6-1-2-7-14(13)20-16/h1-2,6-7,12,15,18H,3-5,8-11H2,(H,19,20)/t12?,15-/m1/s1. The van der Waals surface area contributed by atoms with Crippen molar-refractivity contribution in [3.63, 3.8) is 0 Å². The zero-order valence-electron chi connectivity index (χ0n) is 12.7. The summed E-state index contributed by atoms with van der Waals surface area (Å²) in [4.78, 5) is 22.8. The highest BCUT2D eigenvalue weighted by Crippen LogP contribution is 2.27. The summed E-state index contributed by atoms with van der Waals surface area (Å²) in [6, 6.07) is 8.15. The van der Waals surface area contributed by atoms with E-state index in [9.17, 15) is 4.79 Å². The van der Waals surface area contributed by atoms with Crippen LogP contribution in [0.1, 0.15) is 37.4 Å². The van der Waals surface area contributed by atoms with E-state index in [0.717, 1.165) is 62.2 Å². The van der Waals surface area contributed by atoms with Crippen molar-refractivity contribution < 1.29 is 4.79 Å². The Morgan fingerprint density at radius 3 is 2.95 bits per heavy atom. The summed E-state index contributed by atoms with van der Waals surface area (Å²) in [7, 11) is 0. The van der Waals surface area contributed by atoms with Crippen molar-refractivity contribution in [1.29, 1.82) is 0 Å². The first kappa shape index (κ1) is 13.8. The first-order valence-corrected chi connectivity index (χ1v) is 8.28. The third-order valence-corrected chi connectivity index (χ3v) is 4.89. The van der Waals surface area contributed by atoms with E-state index in [2.05, 4.69) is 16.4 Å². The minimum atomic E-state index is 0.0365. The van der Waals surface area contributed by atoms with Crippen LogP contribution in [0.15, 0.2) is 24.3 Å². The van der Waals surface area contributed by atoms with Crippen molar-refractivity contribution in [3.8, 4) is 0 Å². The fraction of sp³-hybridized carbons (Fsp3) is 0.529. The van der Waals surface area contributed by atoms with Crippen LogP contribution >= 0.6 is 0 Å². The summed E-state index contributed by atoms with van der Waals surface area (Å²) in [5, 5.41) is 3.32. The number of rotatable bonds is 2. The van der Waals surface area contributed by atoms with Crippen molar-refractivity contribution in [3.05, 3.63) is 30.1 Å². The maximum atomic E-state index is 12.6. The van der Waals surface area contributed by atoms with Gasteiger partial charge in [-0.1, -0.05) is 12.1 Å². The molecule has 3 heterocycles. The van der Waals surface area contributed by atoms with E-state index >= 15 is 0 Å². The quantitative estimate of drug-likeness (QED) is 0.891. The normalized spacial score (nSPS) is 25.7. The lowest BCUT2D eigenvalue weighted by Crippen LogP contribution is -2.47.